The minimum Gasteiger partial charge on any atom is -0.315 e. The van der Waals surface area contributed by atoms with Gasteiger partial charge in [0.05, 0.1) is 16.6 Å². The summed E-state index contributed by atoms with van der Waals surface area (Å²) in [6.45, 7) is 0. The molecule has 7 heteroatoms. The number of nitrogens with zero attached hydrogens (tertiary/aromatic N) is 7. The Hall–Kier alpha value is -7.38. The molecule has 0 aliphatic rings. The number of rotatable bonds is 7. The summed E-state index contributed by atoms with van der Waals surface area (Å²) >= 11 is 0. The average molecular weight is 682 g/mol. The molecule has 250 valence electrons. The lowest BCUT2D eigenvalue weighted by molar-refractivity contribution is 1.12. The van der Waals surface area contributed by atoms with Crippen LogP contribution in [0.15, 0.2) is 189 Å². The summed E-state index contributed by atoms with van der Waals surface area (Å²) < 4.78 is 4.71. The Balaban J connectivity index is 1.19. The molecule has 0 unspecified atom stereocenters. The molecule has 0 saturated heterocycles. The first-order valence-corrected chi connectivity index (χ1v) is 17.5. The Morgan fingerprint density at radius 2 is 0.962 bits per heavy atom. The average Bonchev–Trinajstić information content (AvgIpc) is 3.82. The zero-order chi connectivity index (χ0) is 35.1. The molecule has 6 aromatic carbocycles. The molecule has 0 N–H and O–H groups in total. The van der Waals surface area contributed by atoms with Crippen molar-refractivity contribution in [1.29, 1.82) is 0 Å². The van der Waals surface area contributed by atoms with Gasteiger partial charge in [0, 0.05) is 86.7 Å². The SMILES string of the molecule is c1ccc(-n2ccc3ccc4c5cc(N(c6ccc(-c7ncccn7)cc6)c6ccc(-c7ncccn7)cc6)ccc5n(-c5ccccc5)c4c32)cc1. The summed E-state index contributed by atoms with van der Waals surface area (Å²) in [7, 11) is 0. The Labute approximate surface area is 305 Å². The summed E-state index contributed by atoms with van der Waals surface area (Å²) in [5, 5.41) is 3.54. The number of benzene rings is 6. The standard InChI is InChI=1S/C46H31N7/c1-3-9-35(10-4-1)51-30-25-32-17-23-40-41-31-39(22-24-42(41)53(44(40)43(32)51)36-11-5-2-6-12-36)52(37-18-13-33(14-19-37)45-47-26-7-27-48-45)38-20-15-34(16-21-38)46-49-28-8-29-50-46/h1-31H. The van der Waals surface area contributed by atoms with E-state index in [1.54, 1.807) is 24.8 Å². The number of para-hydroxylation sites is 2. The van der Waals surface area contributed by atoms with E-state index >= 15 is 0 Å². The Morgan fingerprint density at radius 3 is 1.55 bits per heavy atom. The first-order valence-electron chi connectivity index (χ1n) is 17.5. The van der Waals surface area contributed by atoms with E-state index in [1.807, 2.05) is 12.1 Å². The summed E-state index contributed by atoms with van der Waals surface area (Å²) in [4.78, 5) is 20.2. The minimum absolute atomic E-state index is 0.694. The van der Waals surface area contributed by atoms with Gasteiger partial charge in [0.15, 0.2) is 11.6 Å². The van der Waals surface area contributed by atoms with E-state index in [-0.39, 0.29) is 0 Å². The van der Waals surface area contributed by atoms with Gasteiger partial charge in [-0.25, -0.2) is 19.9 Å². The largest absolute Gasteiger partial charge is 0.315 e. The van der Waals surface area contributed by atoms with Crippen molar-refractivity contribution in [3.8, 4) is 34.2 Å². The van der Waals surface area contributed by atoms with E-state index in [9.17, 15) is 0 Å². The van der Waals surface area contributed by atoms with Crippen LogP contribution in [0.4, 0.5) is 17.1 Å². The molecule has 0 bridgehead atoms. The van der Waals surface area contributed by atoms with Crippen molar-refractivity contribution in [2.75, 3.05) is 4.90 Å². The number of anilines is 3. The van der Waals surface area contributed by atoms with Gasteiger partial charge in [-0.15, -0.1) is 0 Å². The molecule has 4 aromatic heterocycles. The van der Waals surface area contributed by atoms with Crippen LogP contribution in [0.25, 0.3) is 66.9 Å². The van der Waals surface area contributed by atoms with E-state index in [0.717, 1.165) is 50.5 Å². The zero-order valence-electron chi connectivity index (χ0n) is 28.5. The van der Waals surface area contributed by atoms with Gasteiger partial charge in [0.25, 0.3) is 0 Å². The van der Waals surface area contributed by atoms with Gasteiger partial charge in [-0.2, -0.15) is 0 Å². The minimum atomic E-state index is 0.694. The van der Waals surface area contributed by atoms with Gasteiger partial charge in [0.1, 0.15) is 0 Å². The molecule has 0 amide bonds. The smallest absolute Gasteiger partial charge is 0.159 e. The van der Waals surface area contributed by atoms with E-state index in [4.69, 9.17) is 0 Å². The third kappa shape index (κ3) is 5.30. The molecule has 0 aliphatic heterocycles. The lowest BCUT2D eigenvalue weighted by Crippen LogP contribution is -2.10. The van der Waals surface area contributed by atoms with Gasteiger partial charge in [-0.1, -0.05) is 48.5 Å². The summed E-state index contributed by atoms with van der Waals surface area (Å²) in [5.41, 5.74) is 10.7. The highest BCUT2D eigenvalue weighted by molar-refractivity contribution is 6.19. The number of hydrogen-bond donors (Lipinski definition) is 0. The Kier molecular flexibility index (Phi) is 7.32. The van der Waals surface area contributed by atoms with Crippen LogP contribution in [0.1, 0.15) is 0 Å². The summed E-state index contributed by atoms with van der Waals surface area (Å²) in [6.07, 6.45) is 9.25. The van der Waals surface area contributed by atoms with Crippen LogP contribution in [0, 0.1) is 0 Å². The second-order valence-electron chi connectivity index (χ2n) is 12.9. The van der Waals surface area contributed by atoms with Crippen LogP contribution in [-0.2, 0) is 0 Å². The molecule has 4 heterocycles. The third-order valence-electron chi connectivity index (χ3n) is 9.77. The van der Waals surface area contributed by atoms with Crippen LogP contribution >= 0.6 is 0 Å². The Morgan fingerprint density at radius 1 is 0.415 bits per heavy atom. The van der Waals surface area contributed by atoms with Crippen molar-refractivity contribution >= 4 is 49.8 Å². The van der Waals surface area contributed by atoms with Gasteiger partial charge >= 0.3 is 0 Å². The molecule has 0 aliphatic carbocycles. The summed E-state index contributed by atoms with van der Waals surface area (Å²) in [6, 6.07) is 55.2. The predicted molar refractivity (Wildman–Crippen MR) is 214 cm³/mol. The second kappa shape index (κ2) is 12.7. The molecule has 0 spiro atoms. The topological polar surface area (TPSA) is 64.7 Å². The molecule has 10 aromatic rings. The van der Waals surface area contributed by atoms with E-state index < -0.39 is 0 Å². The van der Waals surface area contributed by atoms with E-state index in [0.29, 0.717) is 11.6 Å². The molecule has 53 heavy (non-hydrogen) atoms. The first-order chi connectivity index (χ1) is 26.3. The van der Waals surface area contributed by atoms with Crippen LogP contribution < -0.4 is 4.90 Å². The number of aromatic nitrogens is 6. The van der Waals surface area contributed by atoms with Crippen molar-refractivity contribution in [3.05, 3.63) is 189 Å². The van der Waals surface area contributed by atoms with Crippen molar-refractivity contribution in [1.82, 2.24) is 29.1 Å². The quantitative estimate of drug-likeness (QED) is 0.167. The van der Waals surface area contributed by atoms with Gasteiger partial charge in [-0.05, 0) is 109 Å². The monoisotopic (exact) mass is 681 g/mol. The molecule has 0 radical (unpaired) electrons. The number of hydrogen-bond acceptors (Lipinski definition) is 5. The van der Waals surface area contributed by atoms with E-state index in [1.165, 1.54) is 21.8 Å². The van der Waals surface area contributed by atoms with Crippen LogP contribution in [-0.4, -0.2) is 29.1 Å². The lowest BCUT2D eigenvalue weighted by atomic mass is 10.1. The Bertz CT molecular complexity index is 2770. The molecule has 10 rings (SSSR count). The van der Waals surface area contributed by atoms with Crippen molar-refractivity contribution in [2.45, 2.75) is 0 Å². The molecule has 0 saturated carbocycles. The highest BCUT2D eigenvalue weighted by Gasteiger charge is 2.21. The van der Waals surface area contributed by atoms with Gasteiger partial charge in [-0.3, -0.25) is 0 Å². The normalized spacial score (nSPS) is 11.4. The fraction of sp³-hybridized carbons (Fsp3) is 0. The van der Waals surface area contributed by atoms with Crippen LogP contribution in [0.3, 0.4) is 0 Å². The van der Waals surface area contributed by atoms with Crippen LogP contribution in [0.5, 0.6) is 0 Å². The van der Waals surface area contributed by atoms with Crippen molar-refractivity contribution < 1.29 is 0 Å². The maximum atomic E-state index is 4.47. The van der Waals surface area contributed by atoms with E-state index in [2.05, 4.69) is 186 Å². The van der Waals surface area contributed by atoms with Crippen molar-refractivity contribution in [2.24, 2.45) is 0 Å². The molecule has 0 atom stereocenters. The summed E-state index contributed by atoms with van der Waals surface area (Å²) in [5.74, 6) is 1.39. The fourth-order valence-electron chi connectivity index (χ4n) is 7.36. The zero-order valence-corrected chi connectivity index (χ0v) is 28.5. The third-order valence-corrected chi connectivity index (χ3v) is 9.77. The predicted octanol–water partition coefficient (Wildman–Crippen LogP) is 11.1. The second-order valence-corrected chi connectivity index (χ2v) is 12.9. The molecule has 0 fully saturated rings. The highest BCUT2D eigenvalue weighted by atomic mass is 15.1. The van der Waals surface area contributed by atoms with Gasteiger partial charge < -0.3 is 14.0 Å². The maximum absolute atomic E-state index is 4.47. The fourth-order valence-corrected chi connectivity index (χ4v) is 7.36. The van der Waals surface area contributed by atoms with Crippen LogP contribution in [0.2, 0.25) is 0 Å². The molecule has 7 nitrogen and oxygen atoms in total. The van der Waals surface area contributed by atoms with Crippen molar-refractivity contribution in [3.63, 3.8) is 0 Å². The molecular formula is C46H31N7. The van der Waals surface area contributed by atoms with Gasteiger partial charge in [0.2, 0.25) is 0 Å². The number of fused-ring (bicyclic) bond motifs is 5. The molecular weight excluding hydrogens is 651 g/mol. The first kappa shape index (κ1) is 30.4. The highest BCUT2D eigenvalue weighted by Crippen LogP contribution is 2.42. The lowest BCUT2D eigenvalue weighted by Gasteiger charge is -2.26. The maximum Gasteiger partial charge on any atom is 0.159 e.